The van der Waals surface area contributed by atoms with Gasteiger partial charge in [0.15, 0.2) is 17.3 Å². The second kappa shape index (κ2) is 9.78. The lowest BCUT2D eigenvalue weighted by molar-refractivity contribution is -0.107. The third-order valence-corrected chi connectivity index (χ3v) is 4.93. The first-order valence-electron chi connectivity index (χ1n) is 9.87. The molecule has 0 unspecified atom stereocenters. The fraction of sp³-hybridized carbons (Fsp3) is 0.250. The van der Waals surface area contributed by atoms with Gasteiger partial charge in [-0.2, -0.15) is 0 Å². The summed E-state index contributed by atoms with van der Waals surface area (Å²) < 4.78 is 11.0. The number of ether oxygens (including phenoxy) is 2. The molecular formula is C24H27N3O3. The molecule has 6 heteroatoms. The lowest BCUT2D eigenvalue weighted by Gasteiger charge is -2.23. The van der Waals surface area contributed by atoms with Crippen molar-refractivity contribution in [2.75, 3.05) is 31.0 Å². The summed E-state index contributed by atoms with van der Waals surface area (Å²) in [6.45, 7) is 4.84. The van der Waals surface area contributed by atoms with E-state index in [1.807, 2.05) is 75.6 Å². The van der Waals surface area contributed by atoms with E-state index in [1.165, 1.54) is 0 Å². The second-order valence-corrected chi connectivity index (χ2v) is 6.76. The highest BCUT2D eigenvalue weighted by atomic mass is 16.5. The molecule has 0 saturated carbocycles. The number of carbonyl (C=O) groups excluding carboxylic acids is 1. The molecule has 1 heterocycles. The molecule has 1 N–H and O–H groups in total. The molecule has 2 aromatic carbocycles. The Bertz CT molecular complexity index is 1010. The van der Waals surface area contributed by atoms with Gasteiger partial charge >= 0.3 is 0 Å². The highest BCUT2D eigenvalue weighted by molar-refractivity contribution is 5.86. The summed E-state index contributed by atoms with van der Waals surface area (Å²) in [4.78, 5) is 18.2. The monoisotopic (exact) mass is 405 g/mol. The average Bonchev–Trinajstić information content (AvgIpc) is 2.78. The smallest absolute Gasteiger partial charge is 0.215 e. The predicted molar refractivity (Wildman–Crippen MR) is 120 cm³/mol. The first-order chi connectivity index (χ1) is 14.6. The summed E-state index contributed by atoms with van der Waals surface area (Å²) in [5.41, 5.74) is 4.88. The molecule has 0 saturated heterocycles. The second-order valence-electron chi connectivity index (χ2n) is 6.76. The molecule has 0 aliphatic rings. The predicted octanol–water partition coefficient (Wildman–Crippen LogP) is 4.67. The maximum atomic E-state index is 12.0. The number of carbonyl (C=O) groups is 1. The number of amides is 1. The number of nitrogens with one attached hydrogen (secondary N) is 1. The summed E-state index contributed by atoms with van der Waals surface area (Å²) in [5.74, 6) is 1.90. The minimum absolute atomic E-state index is 0.360. The number of methoxy groups -OCH3 is 1. The van der Waals surface area contributed by atoms with Gasteiger partial charge in [-0.05, 0) is 42.7 Å². The number of nitrogens with zero attached hydrogens (tertiary/aromatic N) is 2. The van der Waals surface area contributed by atoms with Gasteiger partial charge in [-0.3, -0.25) is 9.69 Å². The minimum atomic E-state index is 0.360. The topological polar surface area (TPSA) is 63.7 Å². The van der Waals surface area contributed by atoms with Crippen LogP contribution in [0.15, 0.2) is 54.7 Å². The molecule has 0 aliphatic heterocycles. The van der Waals surface area contributed by atoms with Gasteiger partial charge in [-0.25, -0.2) is 4.98 Å². The molecule has 3 rings (SSSR count). The van der Waals surface area contributed by atoms with Crippen LogP contribution in [-0.2, 0) is 11.3 Å². The van der Waals surface area contributed by atoms with Crippen molar-refractivity contribution in [3.8, 4) is 22.6 Å². The van der Waals surface area contributed by atoms with Gasteiger partial charge in [0.25, 0.3) is 0 Å². The zero-order valence-corrected chi connectivity index (χ0v) is 17.8. The number of rotatable bonds is 9. The Labute approximate surface area is 177 Å². The molecule has 0 fully saturated rings. The summed E-state index contributed by atoms with van der Waals surface area (Å²) in [5, 5.41) is 3.22. The number of benzene rings is 2. The SMILES string of the molecule is CCOc1cc(CN(C=O)c2ncc(-c3ccccc3)c(C)c2NC)ccc1OC. The fourth-order valence-corrected chi connectivity index (χ4v) is 3.46. The van der Waals surface area contributed by atoms with E-state index < -0.39 is 0 Å². The molecule has 1 amide bonds. The number of hydrogen-bond acceptors (Lipinski definition) is 5. The Morgan fingerprint density at radius 3 is 2.53 bits per heavy atom. The van der Waals surface area contributed by atoms with Crippen LogP contribution in [0.5, 0.6) is 11.5 Å². The number of hydrogen-bond donors (Lipinski definition) is 1. The van der Waals surface area contributed by atoms with E-state index in [1.54, 1.807) is 12.0 Å². The molecule has 1 aromatic heterocycles. The Hall–Kier alpha value is -3.54. The Balaban J connectivity index is 1.96. The molecular weight excluding hydrogens is 378 g/mol. The molecule has 3 aromatic rings. The molecule has 156 valence electrons. The fourth-order valence-electron chi connectivity index (χ4n) is 3.46. The van der Waals surface area contributed by atoms with Gasteiger partial charge in [0.1, 0.15) is 0 Å². The van der Waals surface area contributed by atoms with Crippen LogP contribution in [0.1, 0.15) is 18.1 Å². The zero-order chi connectivity index (χ0) is 21.5. The highest BCUT2D eigenvalue weighted by Crippen LogP contribution is 2.35. The van der Waals surface area contributed by atoms with Crippen molar-refractivity contribution in [2.24, 2.45) is 0 Å². The number of anilines is 2. The summed E-state index contributed by atoms with van der Waals surface area (Å²) in [6.07, 6.45) is 2.62. The van der Waals surface area contributed by atoms with E-state index in [0.29, 0.717) is 30.5 Å². The first-order valence-corrected chi connectivity index (χ1v) is 9.87. The lowest BCUT2D eigenvalue weighted by Crippen LogP contribution is -2.23. The van der Waals surface area contributed by atoms with Gasteiger partial charge < -0.3 is 14.8 Å². The van der Waals surface area contributed by atoms with E-state index in [0.717, 1.165) is 34.4 Å². The van der Waals surface area contributed by atoms with E-state index >= 15 is 0 Å². The van der Waals surface area contributed by atoms with Gasteiger partial charge in [0, 0.05) is 18.8 Å². The van der Waals surface area contributed by atoms with Crippen LogP contribution in [0.3, 0.4) is 0 Å². The lowest BCUT2D eigenvalue weighted by atomic mass is 10.0. The van der Waals surface area contributed by atoms with Crippen LogP contribution in [0.4, 0.5) is 11.5 Å². The van der Waals surface area contributed by atoms with Crippen LogP contribution < -0.4 is 19.7 Å². The minimum Gasteiger partial charge on any atom is -0.493 e. The van der Waals surface area contributed by atoms with Crippen molar-refractivity contribution < 1.29 is 14.3 Å². The first kappa shape index (κ1) is 21.2. The molecule has 6 nitrogen and oxygen atoms in total. The Morgan fingerprint density at radius 2 is 1.90 bits per heavy atom. The Morgan fingerprint density at radius 1 is 1.13 bits per heavy atom. The van der Waals surface area contributed by atoms with Crippen molar-refractivity contribution >= 4 is 17.9 Å². The number of pyridine rings is 1. The average molecular weight is 405 g/mol. The summed E-state index contributed by atoms with van der Waals surface area (Å²) in [7, 11) is 3.45. The highest BCUT2D eigenvalue weighted by Gasteiger charge is 2.18. The van der Waals surface area contributed by atoms with Gasteiger partial charge in [0.05, 0.1) is 25.9 Å². The number of aromatic nitrogens is 1. The molecule has 30 heavy (non-hydrogen) atoms. The van der Waals surface area contributed by atoms with Crippen molar-refractivity contribution in [2.45, 2.75) is 20.4 Å². The largest absolute Gasteiger partial charge is 0.493 e. The van der Waals surface area contributed by atoms with E-state index in [9.17, 15) is 4.79 Å². The van der Waals surface area contributed by atoms with Crippen LogP contribution in [0.2, 0.25) is 0 Å². The van der Waals surface area contributed by atoms with Crippen LogP contribution in [-0.4, -0.2) is 32.2 Å². The van der Waals surface area contributed by atoms with Gasteiger partial charge in [-0.1, -0.05) is 36.4 Å². The van der Waals surface area contributed by atoms with Crippen molar-refractivity contribution in [3.63, 3.8) is 0 Å². The Kier molecular flexibility index (Phi) is 6.91. The molecule has 0 bridgehead atoms. The van der Waals surface area contributed by atoms with Crippen molar-refractivity contribution in [1.82, 2.24) is 4.98 Å². The quantitative estimate of drug-likeness (QED) is 0.524. The maximum Gasteiger partial charge on any atom is 0.215 e. The van der Waals surface area contributed by atoms with E-state index in [2.05, 4.69) is 10.3 Å². The molecule has 0 atom stereocenters. The third kappa shape index (κ3) is 4.38. The molecule has 0 aliphatic carbocycles. The van der Waals surface area contributed by atoms with Gasteiger partial charge in [-0.15, -0.1) is 0 Å². The normalized spacial score (nSPS) is 10.4. The van der Waals surface area contributed by atoms with E-state index in [-0.39, 0.29) is 0 Å². The van der Waals surface area contributed by atoms with Crippen LogP contribution >= 0.6 is 0 Å². The summed E-state index contributed by atoms with van der Waals surface area (Å²) in [6, 6.07) is 15.7. The standard InChI is InChI=1S/C24H27N3O3/c1-5-30-22-13-18(11-12-21(22)29-4)15-27(16-28)24-23(25-3)17(2)20(14-26-24)19-9-7-6-8-10-19/h6-14,16,25H,5,15H2,1-4H3. The summed E-state index contributed by atoms with van der Waals surface area (Å²) >= 11 is 0. The third-order valence-electron chi connectivity index (χ3n) is 4.93. The van der Waals surface area contributed by atoms with Gasteiger partial charge in [0.2, 0.25) is 6.41 Å². The van der Waals surface area contributed by atoms with Crippen molar-refractivity contribution in [1.29, 1.82) is 0 Å². The van der Waals surface area contributed by atoms with Crippen LogP contribution in [0, 0.1) is 6.92 Å². The zero-order valence-electron chi connectivity index (χ0n) is 17.8. The molecule has 0 radical (unpaired) electrons. The van der Waals surface area contributed by atoms with E-state index in [4.69, 9.17) is 9.47 Å². The van der Waals surface area contributed by atoms with Crippen LogP contribution in [0.25, 0.3) is 11.1 Å². The molecule has 0 spiro atoms. The van der Waals surface area contributed by atoms with Crippen molar-refractivity contribution in [3.05, 3.63) is 65.9 Å². The maximum absolute atomic E-state index is 12.0.